The molecule has 0 bridgehead atoms. The van der Waals surface area contributed by atoms with E-state index >= 15 is 0 Å². The van der Waals surface area contributed by atoms with Gasteiger partial charge in [0, 0.05) is 32.4 Å². The van der Waals surface area contributed by atoms with E-state index in [2.05, 4.69) is 20.6 Å². The van der Waals surface area contributed by atoms with E-state index in [0.29, 0.717) is 31.9 Å². The number of fused-ring (bicyclic) bond motifs is 1. The van der Waals surface area contributed by atoms with Gasteiger partial charge < -0.3 is 10.1 Å². The number of nitrogens with zero attached hydrogens (tertiary/aromatic N) is 4. The molecule has 20 heavy (non-hydrogen) atoms. The van der Waals surface area contributed by atoms with Crippen LogP contribution < -0.4 is 5.32 Å². The first kappa shape index (κ1) is 13.4. The molecular weight excluding hydrogens is 278 g/mol. The highest BCUT2D eigenvalue weighted by molar-refractivity contribution is 7.16. The van der Waals surface area contributed by atoms with Crippen molar-refractivity contribution >= 4 is 22.2 Å². The SMILES string of the molecule is COCCNC(=O)CCc1nn2c(C3CC3)nnc2s1. The third-order valence-corrected chi connectivity index (χ3v) is 4.15. The van der Waals surface area contributed by atoms with E-state index in [0.717, 1.165) is 15.8 Å². The van der Waals surface area contributed by atoms with Gasteiger partial charge >= 0.3 is 0 Å². The van der Waals surface area contributed by atoms with Gasteiger partial charge in [-0.1, -0.05) is 11.3 Å². The number of rotatable bonds is 7. The van der Waals surface area contributed by atoms with Crippen molar-refractivity contribution in [1.82, 2.24) is 25.1 Å². The smallest absolute Gasteiger partial charge is 0.234 e. The second kappa shape index (κ2) is 5.84. The molecular formula is C12H17N5O2S. The van der Waals surface area contributed by atoms with Crippen LogP contribution in [0.1, 0.15) is 36.0 Å². The molecule has 0 atom stereocenters. The first-order valence-electron chi connectivity index (χ1n) is 6.74. The summed E-state index contributed by atoms with van der Waals surface area (Å²) in [4.78, 5) is 12.4. The summed E-state index contributed by atoms with van der Waals surface area (Å²) in [7, 11) is 1.61. The summed E-state index contributed by atoms with van der Waals surface area (Å²) in [6, 6.07) is 0. The molecule has 2 aromatic heterocycles. The van der Waals surface area contributed by atoms with Crippen LogP contribution in [0.25, 0.3) is 4.96 Å². The maximum atomic E-state index is 11.6. The van der Waals surface area contributed by atoms with Gasteiger partial charge in [-0.05, 0) is 12.8 Å². The van der Waals surface area contributed by atoms with Crippen molar-refractivity contribution in [1.29, 1.82) is 0 Å². The molecule has 108 valence electrons. The monoisotopic (exact) mass is 295 g/mol. The van der Waals surface area contributed by atoms with Gasteiger partial charge in [-0.3, -0.25) is 4.79 Å². The fraction of sp³-hybridized carbons (Fsp3) is 0.667. The van der Waals surface area contributed by atoms with E-state index in [-0.39, 0.29) is 5.91 Å². The summed E-state index contributed by atoms with van der Waals surface area (Å²) in [6.07, 6.45) is 3.43. The normalized spacial score (nSPS) is 14.8. The largest absolute Gasteiger partial charge is 0.383 e. The molecule has 0 unspecified atom stereocenters. The van der Waals surface area contributed by atoms with Crippen molar-refractivity contribution in [2.45, 2.75) is 31.6 Å². The molecule has 1 aliphatic rings. The van der Waals surface area contributed by atoms with Crippen LogP contribution in [0.4, 0.5) is 0 Å². The number of aryl methyl sites for hydroxylation is 1. The number of amides is 1. The van der Waals surface area contributed by atoms with E-state index in [9.17, 15) is 4.79 Å². The zero-order chi connectivity index (χ0) is 13.9. The first-order chi connectivity index (χ1) is 9.78. The molecule has 1 saturated carbocycles. The number of aromatic nitrogens is 4. The Labute approximate surface area is 120 Å². The first-order valence-corrected chi connectivity index (χ1v) is 7.56. The molecule has 2 aromatic rings. The van der Waals surface area contributed by atoms with Gasteiger partial charge in [-0.15, -0.1) is 10.2 Å². The van der Waals surface area contributed by atoms with E-state index in [1.807, 2.05) is 4.52 Å². The average molecular weight is 295 g/mol. The van der Waals surface area contributed by atoms with Crippen LogP contribution in [0.2, 0.25) is 0 Å². The Hall–Kier alpha value is -1.54. The number of carbonyl (C=O) groups is 1. The lowest BCUT2D eigenvalue weighted by atomic mass is 10.3. The topological polar surface area (TPSA) is 81.4 Å². The van der Waals surface area contributed by atoms with Crippen LogP contribution in [0.15, 0.2) is 0 Å². The standard InChI is InChI=1S/C12H17N5O2S/c1-19-7-6-13-9(18)4-5-10-16-17-11(8-2-3-8)14-15-12(17)20-10/h8H,2-7H2,1H3,(H,13,18). The van der Waals surface area contributed by atoms with E-state index in [1.165, 1.54) is 24.2 Å². The highest BCUT2D eigenvalue weighted by Crippen LogP contribution is 2.39. The Bertz CT molecular complexity index is 604. The summed E-state index contributed by atoms with van der Waals surface area (Å²) < 4.78 is 6.72. The van der Waals surface area contributed by atoms with Crippen molar-refractivity contribution in [2.24, 2.45) is 0 Å². The lowest BCUT2D eigenvalue weighted by molar-refractivity contribution is -0.121. The van der Waals surface area contributed by atoms with E-state index < -0.39 is 0 Å². The quantitative estimate of drug-likeness (QED) is 0.763. The number of carbonyl (C=O) groups excluding carboxylic acids is 1. The molecule has 0 radical (unpaired) electrons. The second-order valence-electron chi connectivity index (χ2n) is 4.87. The molecule has 3 rings (SSSR count). The minimum atomic E-state index is 0.0235. The lowest BCUT2D eigenvalue weighted by Gasteiger charge is -2.02. The maximum absolute atomic E-state index is 11.6. The van der Waals surface area contributed by atoms with Gasteiger partial charge in [0.05, 0.1) is 6.61 Å². The van der Waals surface area contributed by atoms with Gasteiger partial charge in [-0.2, -0.15) is 9.61 Å². The fourth-order valence-electron chi connectivity index (χ4n) is 1.97. The Balaban J connectivity index is 1.56. The highest BCUT2D eigenvalue weighted by Gasteiger charge is 2.30. The summed E-state index contributed by atoms with van der Waals surface area (Å²) in [5.74, 6) is 1.51. The average Bonchev–Trinajstić information content (AvgIpc) is 3.07. The summed E-state index contributed by atoms with van der Waals surface area (Å²) in [5, 5.41) is 16.5. The van der Waals surface area contributed by atoms with Crippen LogP contribution in [0, 0.1) is 0 Å². The van der Waals surface area contributed by atoms with Crippen molar-refractivity contribution in [3.05, 3.63) is 10.8 Å². The van der Waals surface area contributed by atoms with Crippen molar-refractivity contribution in [3.63, 3.8) is 0 Å². The highest BCUT2D eigenvalue weighted by atomic mass is 32.1. The maximum Gasteiger partial charge on any atom is 0.234 e. The number of hydrogen-bond donors (Lipinski definition) is 1. The third kappa shape index (κ3) is 2.96. The predicted octanol–water partition coefficient (Wildman–Crippen LogP) is 0.758. The summed E-state index contributed by atoms with van der Waals surface area (Å²) in [5.41, 5.74) is 0. The van der Waals surface area contributed by atoms with Gasteiger partial charge in [-0.25, -0.2) is 0 Å². The minimum Gasteiger partial charge on any atom is -0.383 e. The Morgan fingerprint density at radius 3 is 3.10 bits per heavy atom. The molecule has 1 N–H and O–H groups in total. The van der Waals surface area contributed by atoms with Crippen LogP contribution >= 0.6 is 11.3 Å². The molecule has 1 fully saturated rings. The molecule has 0 aromatic carbocycles. The van der Waals surface area contributed by atoms with Gasteiger partial charge in [0.15, 0.2) is 5.82 Å². The lowest BCUT2D eigenvalue weighted by Crippen LogP contribution is -2.27. The Morgan fingerprint density at radius 1 is 1.50 bits per heavy atom. The van der Waals surface area contributed by atoms with Gasteiger partial charge in [0.25, 0.3) is 0 Å². The molecule has 0 spiro atoms. The van der Waals surface area contributed by atoms with E-state index in [1.54, 1.807) is 7.11 Å². The Kier molecular flexibility index (Phi) is 3.93. The number of nitrogens with one attached hydrogen (secondary N) is 1. The van der Waals surface area contributed by atoms with Crippen LogP contribution in [0.5, 0.6) is 0 Å². The van der Waals surface area contributed by atoms with Crippen LogP contribution in [-0.4, -0.2) is 46.0 Å². The molecule has 0 aliphatic heterocycles. The minimum absolute atomic E-state index is 0.0235. The summed E-state index contributed by atoms with van der Waals surface area (Å²) in [6.45, 7) is 1.08. The van der Waals surface area contributed by atoms with Gasteiger partial charge in [0.1, 0.15) is 5.01 Å². The van der Waals surface area contributed by atoms with Crippen molar-refractivity contribution in [3.8, 4) is 0 Å². The molecule has 7 nitrogen and oxygen atoms in total. The predicted molar refractivity (Wildman–Crippen MR) is 73.8 cm³/mol. The summed E-state index contributed by atoms with van der Waals surface area (Å²) >= 11 is 1.51. The number of hydrogen-bond acceptors (Lipinski definition) is 6. The Morgan fingerprint density at radius 2 is 2.35 bits per heavy atom. The molecule has 0 saturated heterocycles. The zero-order valence-corrected chi connectivity index (χ0v) is 12.2. The third-order valence-electron chi connectivity index (χ3n) is 3.19. The number of ether oxygens (including phenoxy) is 1. The second-order valence-corrected chi connectivity index (χ2v) is 5.91. The van der Waals surface area contributed by atoms with Crippen LogP contribution in [-0.2, 0) is 16.0 Å². The molecule has 1 amide bonds. The van der Waals surface area contributed by atoms with Crippen molar-refractivity contribution < 1.29 is 9.53 Å². The fourth-order valence-corrected chi connectivity index (χ4v) is 2.81. The molecule has 1 aliphatic carbocycles. The zero-order valence-electron chi connectivity index (χ0n) is 11.3. The van der Waals surface area contributed by atoms with E-state index in [4.69, 9.17) is 4.74 Å². The molecule has 8 heteroatoms. The number of methoxy groups -OCH3 is 1. The van der Waals surface area contributed by atoms with Gasteiger partial charge in [0.2, 0.25) is 10.9 Å². The van der Waals surface area contributed by atoms with Crippen molar-refractivity contribution in [2.75, 3.05) is 20.3 Å². The molecule has 2 heterocycles. The van der Waals surface area contributed by atoms with Crippen LogP contribution in [0.3, 0.4) is 0 Å².